The van der Waals surface area contributed by atoms with Crippen LogP contribution >= 0.6 is 0 Å². The largest absolute Gasteiger partial charge is 0.397 e. The Hall–Kier alpha value is -1.38. The molecule has 0 radical (unpaired) electrons. The lowest BCUT2D eigenvalue weighted by atomic mass is 10.1. The van der Waals surface area contributed by atoms with Gasteiger partial charge in [0.2, 0.25) is 0 Å². The molecule has 0 aliphatic rings. The summed E-state index contributed by atoms with van der Waals surface area (Å²) in [5, 5.41) is 0. The van der Waals surface area contributed by atoms with Gasteiger partial charge in [-0.2, -0.15) is 0 Å². The maximum absolute atomic E-state index is 11.0. The van der Waals surface area contributed by atoms with E-state index in [1.165, 1.54) is 0 Å². The van der Waals surface area contributed by atoms with Gasteiger partial charge in [-0.05, 0) is 12.1 Å². The number of Topliss-reactive ketones (excluding diaryl/α,β-unsaturated/α-hetero) is 1. The number of nitrogen functional groups attached to an aromatic ring is 1. The fourth-order valence-corrected chi connectivity index (χ4v) is 0.868. The molecule has 3 nitrogen and oxygen atoms in total. The molecule has 0 saturated carbocycles. The molecule has 1 aromatic rings. The van der Waals surface area contributed by atoms with E-state index in [1.807, 2.05) is 6.92 Å². The molecule has 0 fully saturated rings. The van der Waals surface area contributed by atoms with Gasteiger partial charge in [0.15, 0.2) is 0 Å². The molecule has 3 heteroatoms. The zero-order valence-corrected chi connectivity index (χ0v) is 7.08. The van der Waals surface area contributed by atoms with Crippen molar-refractivity contribution >= 4 is 11.5 Å². The number of aromatic nitrogens is 1. The zero-order chi connectivity index (χ0) is 8.97. The van der Waals surface area contributed by atoms with Crippen molar-refractivity contribution in [3.8, 4) is 0 Å². The van der Waals surface area contributed by atoms with Crippen LogP contribution in [0.2, 0.25) is 0 Å². The number of nitrogens with zero attached hydrogens (tertiary/aromatic N) is 1. The van der Waals surface area contributed by atoms with Gasteiger partial charge in [-0.1, -0.05) is 6.92 Å². The summed E-state index contributed by atoms with van der Waals surface area (Å²) in [6.45, 7) is 1.85. The summed E-state index contributed by atoms with van der Waals surface area (Å²) in [5.41, 5.74) is 6.86. The van der Waals surface area contributed by atoms with Crippen LogP contribution in [0.5, 0.6) is 0 Å². The Morgan fingerprint density at radius 1 is 1.58 bits per heavy atom. The number of hydrogen-bond acceptors (Lipinski definition) is 3. The maximum Gasteiger partial charge on any atom is 0.138 e. The fourth-order valence-electron chi connectivity index (χ4n) is 0.868. The van der Waals surface area contributed by atoms with E-state index in [0.717, 1.165) is 5.69 Å². The van der Waals surface area contributed by atoms with Gasteiger partial charge in [0.05, 0.1) is 11.9 Å². The fraction of sp³-hybridized carbons (Fsp3) is 0.333. The Labute approximate surface area is 71.6 Å². The lowest BCUT2D eigenvalue weighted by Gasteiger charge is -1.97. The van der Waals surface area contributed by atoms with E-state index >= 15 is 0 Å². The summed E-state index contributed by atoms with van der Waals surface area (Å²) in [6.07, 6.45) is 2.54. The second kappa shape index (κ2) is 3.85. The highest BCUT2D eigenvalue weighted by Crippen LogP contribution is 2.02. The molecular weight excluding hydrogens is 152 g/mol. The second-order valence-electron chi connectivity index (χ2n) is 2.65. The number of hydrogen-bond donors (Lipinski definition) is 1. The summed E-state index contributed by atoms with van der Waals surface area (Å²) in [5.74, 6) is 0.201. The molecule has 0 bridgehead atoms. The summed E-state index contributed by atoms with van der Waals surface area (Å²) < 4.78 is 0. The third kappa shape index (κ3) is 2.34. The van der Waals surface area contributed by atoms with E-state index in [0.29, 0.717) is 18.5 Å². The lowest BCUT2D eigenvalue weighted by molar-refractivity contribution is -0.118. The molecule has 0 aliphatic carbocycles. The number of carbonyl (C=O) groups is 1. The Morgan fingerprint density at radius 2 is 2.33 bits per heavy atom. The van der Waals surface area contributed by atoms with Crippen LogP contribution < -0.4 is 5.73 Å². The molecule has 0 atom stereocenters. The molecule has 1 heterocycles. The summed E-state index contributed by atoms with van der Waals surface area (Å²) in [4.78, 5) is 15.0. The van der Waals surface area contributed by atoms with Crippen LogP contribution in [0.15, 0.2) is 18.3 Å². The SMILES string of the molecule is CCC(=O)Cc1ccc(N)cn1. The molecular formula is C9H12N2O. The van der Waals surface area contributed by atoms with Gasteiger partial charge in [-0.25, -0.2) is 0 Å². The van der Waals surface area contributed by atoms with Gasteiger partial charge in [0.1, 0.15) is 5.78 Å². The molecule has 1 rings (SSSR count). The first kappa shape index (κ1) is 8.71. The normalized spacial score (nSPS) is 9.75. The van der Waals surface area contributed by atoms with E-state index in [4.69, 9.17) is 5.73 Å². The third-order valence-corrected chi connectivity index (χ3v) is 1.62. The first-order valence-electron chi connectivity index (χ1n) is 3.94. The summed E-state index contributed by atoms with van der Waals surface area (Å²) >= 11 is 0. The zero-order valence-electron chi connectivity index (χ0n) is 7.08. The van der Waals surface area contributed by atoms with Crippen molar-refractivity contribution in [3.05, 3.63) is 24.0 Å². The van der Waals surface area contributed by atoms with E-state index in [2.05, 4.69) is 4.98 Å². The molecule has 64 valence electrons. The average molecular weight is 164 g/mol. The van der Waals surface area contributed by atoms with E-state index < -0.39 is 0 Å². The number of rotatable bonds is 3. The van der Waals surface area contributed by atoms with Crippen molar-refractivity contribution < 1.29 is 4.79 Å². The Balaban J connectivity index is 2.64. The number of pyridine rings is 1. The van der Waals surface area contributed by atoms with Crippen LogP contribution in [0.3, 0.4) is 0 Å². The first-order valence-corrected chi connectivity index (χ1v) is 3.94. The van der Waals surface area contributed by atoms with Gasteiger partial charge >= 0.3 is 0 Å². The summed E-state index contributed by atoms with van der Waals surface area (Å²) in [6, 6.07) is 3.54. The molecule has 0 aliphatic heterocycles. The Kier molecular flexibility index (Phi) is 2.80. The van der Waals surface area contributed by atoms with Crippen LogP contribution in [-0.2, 0) is 11.2 Å². The van der Waals surface area contributed by atoms with Crippen LogP contribution in [-0.4, -0.2) is 10.8 Å². The molecule has 0 unspecified atom stereocenters. The number of nitrogens with two attached hydrogens (primary N) is 1. The van der Waals surface area contributed by atoms with E-state index in [1.54, 1.807) is 18.3 Å². The van der Waals surface area contributed by atoms with Gasteiger partial charge < -0.3 is 5.73 Å². The van der Waals surface area contributed by atoms with E-state index in [9.17, 15) is 4.79 Å². The van der Waals surface area contributed by atoms with Crippen LogP contribution in [0.4, 0.5) is 5.69 Å². The summed E-state index contributed by atoms with van der Waals surface area (Å²) in [7, 11) is 0. The van der Waals surface area contributed by atoms with Crippen molar-refractivity contribution in [3.63, 3.8) is 0 Å². The van der Waals surface area contributed by atoms with Crippen LogP contribution in [0.1, 0.15) is 19.0 Å². The first-order chi connectivity index (χ1) is 5.72. The maximum atomic E-state index is 11.0. The predicted octanol–water partition coefficient (Wildman–Crippen LogP) is 1.19. The minimum absolute atomic E-state index is 0.201. The van der Waals surface area contributed by atoms with Gasteiger partial charge in [-0.3, -0.25) is 9.78 Å². The lowest BCUT2D eigenvalue weighted by Crippen LogP contribution is -2.02. The van der Waals surface area contributed by atoms with Gasteiger partial charge in [0, 0.05) is 18.5 Å². The monoisotopic (exact) mass is 164 g/mol. The molecule has 12 heavy (non-hydrogen) atoms. The number of anilines is 1. The minimum atomic E-state index is 0.201. The average Bonchev–Trinajstić information content (AvgIpc) is 2.09. The number of carbonyl (C=O) groups excluding carboxylic acids is 1. The Bertz CT molecular complexity index is 266. The van der Waals surface area contributed by atoms with Crippen LogP contribution in [0.25, 0.3) is 0 Å². The third-order valence-electron chi connectivity index (χ3n) is 1.62. The van der Waals surface area contributed by atoms with Crippen molar-refractivity contribution in [1.29, 1.82) is 0 Å². The van der Waals surface area contributed by atoms with Crippen molar-refractivity contribution in [2.24, 2.45) is 0 Å². The van der Waals surface area contributed by atoms with Crippen LogP contribution in [0, 0.1) is 0 Å². The molecule has 0 spiro atoms. The molecule has 1 aromatic heterocycles. The standard InChI is InChI=1S/C9H12N2O/c1-2-9(12)5-8-4-3-7(10)6-11-8/h3-4,6H,2,5,10H2,1H3. The second-order valence-corrected chi connectivity index (χ2v) is 2.65. The van der Waals surface area contributed by atoms with E-state index in [-0.39, 0.29) is 5.78 Å². The highest BCUT2D eigenvalue weighted by atomic mass is 16.1. The Morgan fingerprint density at radius 3 is 2.83 bits per heavy atom. The molecule has 0 aromatic carbocycles. The number of ketones is 1. The van der Waals surface area contributed by atoms with Gasteiger partial charge in [0.25, 0.3) is 0 Å². The quantitative estimate of drug-likeness (QED) is 0.730. The molecule has 0 saturated heterocycles. The highest BCUT2D eigenvalue weighted by molar-refractivity contribution is 5.80. The molecule has 0 amide bonds. The minimum Gasteiger partial charge on any atom is -0.397 e. The topological polar surface area (TPSA) is 56.0 Å². The van der Waals surface area contributed by atoms with Crippen molar-refractivity contribution in [2.75, 3.05) is 5.73 Å². The molecule has 2 N–H and O–H groups in total. The smallest absolute Gasteiger partial charge is 0.138 e. The van der Waals surface area contributed by atoms with Crippen molar-refractivity contribution in [1.82, 2.24) is 4.98 Å². The van der Waals surface area contributed by atoms with Gasteiger partial charge in [-0.15, -0.1) is 0 Å². The van der Waals surface area contributed by atoms with Crippen molar-refractivity contribution in [2.45, 2.75) is 19.8 Å². The highest BCUT2D eigenvalue weighted by Gasteiger charge is 2.00. The predicted molar refractivity (Wildman–Crippen MR) is 47.7 cm³/mol.